The fourth-order valence-electron chi connectivity index (χ4n) is 4.24. The molecule has 10 nitrogen and oxygen atoms in total. The Morgan fingerprint density at radius 2 is 0.774 bits per heavy atom. The Morgan fingerprint density at radius 3 is 0.968 bits per heavy atom. The third-order valence-corrected chi connectivity index (χ3v) is 5.55. The van der Waals surface area contributed by atoms with Crippen molar-refractivity contribution in [1.29, 1.82) is 0 Å². The Bertz CT molecular complexity index is 549. The van der Waals surface area contributed by atoms with Gasteiger partial charge in [-0.15, -0.1) is 0 Å². The highest BCUT2D eigenvalue weighted by molar-refractivity contribution is 5.84. The predicted molar refractivity (Wildman–Crippen MR) is 109 cm³/mol. The normalized spacial score (nSPS) is 26.5. The Balaban J connectivity index is 2.08. The van der Waals surface area contributed by atoms with Crippen LogP contribution in [-0.4, -0.2) is 93.0 Å². The SMILES string of the molecule is CCOC(=O)C1CN(CN2C[C@H](C(=O)OCC)[C@@H](C(=O)OCC)C2)C[C@@H]1C(=O)OCC. The van der Waals surface area contributed by atoms with Crippen molar-refractivity contribution in [2.45, 2.75) is 27.7 Å². The van der Waals surface area contributed by atoms with Crippen LogP contribution < -0.4 is 0 Å². The van der Waals surface area contributed by atoms with E-state index in [1.54, 1.807) is 27.7 Å². The van der Waals surface area contributed by atoms with Crippen LogP contribution in [0.2, 0.25) is 0 Å². The molecule has 2 heterocycles. The molecule has 0 aliphatic carbocycles. The summed E-state index contributed by atoms with van der Waals surface area (Å²) in [6, 6.07) is 0. The molecule has 0 aromatic heterocycles. The van der Waals surface area contributed by atoms with Crippen molar-refractivity contribution in [3.63, 3.8) is 0 Å². The van der Waals surface area contributed by atoms with Gasteiger partial charge in [-0.1, -0.05) is 0 Å². The van der Waals surface area contributed by atoms with Crippen molar-refractivity contribution < 1.29 is 38.1 Å². The molecule has 1 unspecified atom stereocenters. The number of ether oxygens (including phenoxy) is 4. The maximum absolute atomic E-state index is 12.4. The van der Waals surface area contributed by atoms with E-state index in [1.165, 1.54) is 0 Å². The Labute approximate surface area is 183 Å². The molecule has 2 saturated heterocycles. The fourth-order valence-corrected chi connectivity index (χ4v) is 4.24. The second kappa shape index (κ2) is 12.0. The van der Waals surface area contributed by atoms with Crippen molar-refractivity contribution in [1.82, 2.24) is 9.80 Å². The minimum Gasteiger partial charge on any atom is -0.466 e. The molecular formula is C21H34N2O8. The van der Waals surface area contributed by atoms with Crippen molar-refractivity contribution >= 4 is 23.9 Å². The highest BCUT2D eigenvalue weighted by Gasteiger charge is 2.47. The van der Waals surface area contributed by atoms with Gasteiger partial charge in [0.05, 0.1) is 56.8 Å². The molecule has 0 aromatic carbocycles. The van der Waals surface area contributed by atoms with Gasteiger partial charge in [0.2, 0.25) is 0 Å². The molecule has 2 rings (SSSR count). The second-order valence-electron chi connectivity index (χ2n) is 7.65. The van der Waals surface area contributed by atoms with Gasteiger partial charge in [-0.2, -0.15) is 0 Å². The molecule has 0 aromatic rings. The van der Waals surface area contributed by atoms with E-state index in [4.69, 9.17) is 18.9 Å². The lowest BCUT2D eigenvalue weighted by Crippen LogP contribution is -2.37. The van der Waals surface area contributed by atoms with E-state index in [0.717, 1.165) is 0 Å². The zero-order valence-corrected chi connectivity index (χ0v) is 18.8. The molecule has 2 aliphatic heterocycles. The number of nitrogens with zero attached hydrogens (tertiary/aromatic N) is 2. The highest BCUT2D eigenvalue weighted by Crippen LogP contribution is 2.30. The van der Waals surface area contributed by atoms with Gasteiger partial charge in [-0.3, -0.25) is 29.0 Å². The van der Waals surface area contributed by atoms with Crippen LogP contribution >= 0.6 is 0 Å². The lowest BCUT2D eigenvalue weighted by molar-refractivity contribution is -0.157. The van der Waals surface area contributed by atoms with E-state index in [2.05, 4.69) is 0 Å². The van der Waals surface area contributed by atoms with Crippen molar-refractivity contribution in [2.75, 3.05) is 59.3 Å². The van der Waals surface area contributed by atoms with Crippen LogP contribution in [0, 0.1) is 23.7 Å². The molecule has 0 amide bonds. The smallest absolute Gasteiger partial charge is 0.311 e. The monoisotopic (exact) mass is 442 g/mol. The summed E-state index contributed by atoms with van der Waals surface area (Å²) in [7, 11) is 0. The summed E-state index contributed by atoms with van der Waals surface area (Å²) in [5, 5.41) is 0. The van der Waals surface area contributed by atoms with Crippen LogP contribution in [0.5, 0.6) is 0 Å². The van der Waals surface area contributed by atoms with Crippen molar-refractivity contribution in [2.24, 2.45) is 23.7 Å². The van der Waals surface area contributed by atoms with Crippen LogP contribution in [0.3, 0.4) is 0 Å². The van der Waals surface area contributed by atoms with Crippen molar-refractivity contribution in [3.05, 3.63) is 0 Å². The van der Waals surface area contributed by atoms with Gasteiger partial charge in [0.1, 0.15) is 0 Å². The first-order valence-electron chi connectivity index (χ1n) is 11.0. The molecular weight excluding hydrogens is 408 g/mol. The number of esters is 4. The van der Waals surface area contributed by atoms with E-state index < -0.39 is 47.5 Å². The lowest BCUT2D eigenvalue weighted by atomic mass is 9.96. The molecule has 0 saturated carbocycles. The summed E-state index contributed by atoms with van der Waals surface area (Å²) in [5.74, 6) is -4.11. The zero-order valence-electron chi connectivity index (χ0n) is 18.8. The fraction of sp³-hybridized carbons (Fsp3) is 0.810. The Morgan fingerprint density at radius 1 is 0.548 bits per heavy atom. The third kappa shape index (κ3) is 6.39. The first kappa shape index (κ1) is 25.1. The van der Waals surface area contributed by atoms with Gasteiger partial charge in [-0.25, -0.2) is 0 Å². The summed E-state index contributed by atoms with van der Waals surface area (Å²) in [4.78, 5) is 53.4. The predicted octanol–water partition coefficient (Wildman–Crippen LogP) is 0.292. The quantitative estimate of drug-likeness (QED) is 0.346. The van der Waals surface area contributed by atoms with E-state index in [9.17, 15) is 19.2 Å². The molecule has 0 radical (unpaired) electrons. The number of carbonyl (C=O) groups excluding carboxylic acids is 4. The molecule has 2 aliphatic rings. The van der Waals surface area contributed by atoms with Gasteiger partial charge in [0.25, 0.3) is 0 Å². The Kier molecular flexibility index (Phi) is 9.70. The average molecular weight is 443 g/mol. The van der Waals surface area contributed by atoms with Gasteiger partial charge < -0.3 is 18.9 Å². The molecule has 31 heavy (non-hydrogen) atoms. The van der Waals surface area contributed by atoms with Crippen LogP contribution in [0.15, 0.2) is 0 Å². The van der Waals surface area contributed by atoms with Gasteiger partial charge in [0.15, 0.2) is 0 Å². The first-order valence-corrected chi connectivity index (χ1v) is 11.0. The number of carbonyl (C=O) groups is 4. The number of rotatable bonds is 10. The van der Waals surface area contributed by atoms with Crippen LogP contribution in [0.25, 0.3) is 0 Å². The molecule has 4 atom stereocenters. The minimum absolute atomic E-state index is 0.236. The number of hydrogen-bond donors (Lipinski definition) is 0. The van der Waals surface area contributed by atoms with Gasteiger partial charge in [0, 0.05) is 26.2 Å². The second-order valence-corrected chi connectivity index (χ2v) is 7.65. The molecule has 176 valence electrons. The standard InChI is InChI=1S/C21H34N2O8/c1-5-28-18(24)14-9-22(10-15(14)19(25)29-6-2)13-23-11-16(20(26)30-7-3)17(12-23)21(27)31-8-4/h14-17H,5-13H2,1-4H3/t14-,15-,16-,17?/m0/s1. The summed E-state index contributed by atoms with van der Waals surface area (Å²) in [6.45, 7) is 9.59. The maximum Gasteiger partial charge on any atom is 0.311 e. The minimum atomic E-state index is -0.608. The van der Waals surface area contributed by atoms with Crippen molar-refractivity contribution in [3.8, 4) is 0 Å². The largest absolute Gasteiger partial charge is 0.466 e. The molecule has 0 spiro atoms. The lowest BCUT2D eigenvalue weighted by Gasteiger charge is -2.23. The summed E-state index contributed by atoms with van der Waals surface area (Å²) < 4.78 is 20.6. The van der Waals surface area contributed by atoms with Crippen LogP contribution in [0.1, 0.15) is 27.7 Å². The van der Waals surface area contributed by atoms with Crippen LogP contribution in [-0.2, 0) is 38.1 Å². The van der Waals surface area contributed by atoms with E-state index in [-0.39, 0.29) is 26.4 Å². The molecule has 0 bridgehead atoms. The summed E-state index contributed by atoms with van der Waals surface area (Å²) >= 11 is 0. The average Bonchev–Trinajstić information content (AvgIpc) is 3.34. The molecule has 0 N–H and O–H groups in total. The molecule has 10 heteroatoms. The van der Waals surface area contributed by atoms with Crippen LogP contribution in [0.4, 0.5) is 0 Å². The van der Waals surface area contributed by atoms with Gasteiger partial charge in [-0.05, 0) is 27.7 Å². The summed E-state index contributed by atoms with van der Waals surface area (Å²) in [5.41, 5.74) is 0. The summed E-state index contributed by atoms with van der Waals surface area (Å²) in [6.07, 6.45) is 0. The highest BCUT2D eigenvalue weighted by atomic mass is 16.5. The maximum atomic E-state index is 12.4. The van der Waals surface area contributed by atoms with Gasteiger partial charge >= 0.3 is 23.9 Å². The number of hydrogen-bond acceptors (Lipinski definition) is 10. The zero-order chi connectivity index (χ0) is 23.0. The Hall–Kier alpha value is -2.20. The first-order chi connectivity index (χ1) is 14.9. The topological polar surface area (TPSA) is 112 Å². The molecule has 2 fully saturated rings. The van der Waals surface area contributed by atoms with E-state index in [1.807, 2.05) is 9.80 Å². The third-order valence-electron chi connectivity index (χ3n) is 5.55. The number of likely N-dealkylation sites (tertiary alicyclic amines) is 2. The van der Waals surface area contributed by atoms with E-state index >= 15 is 0 Å². The van der Waals surface area contributed by atoms with E-state index in [0.29, 0.717) is 32.8 Å².